The van der Waals surface area contributed by atoms with Gasteiger partial charge < -0.3 is 25.6 Å². The highest BCUT2D eigenvalue weighted by Gasteiger charge is 2.46. The molecule has 0 aromatic carbocycles. The van der Waals surface area contributed by atoms with E-state index in [2.05, 4.69) is 25.9 Å². The number of hydrogen-bond donors (Lipinski definition) is 3. The standard InChI is InChI=1S/C24H30F3N7O5/c1-12(38-23(2,3)4)17(31-21(36)19-18(14-5-6-14)32-39-33-19)20(35)30-16-9-13(7-8-28-16)10-34-11-15(24(25,26)27)29-22(34)37/h7-9,12,14-15,17H,5-6,10-11H2,1-4H3,(H,29,37)(H,31,36)(H,28,30,35)/t12-,15-,17-/m0/s1. The van der Waals surface area contributed by atoms with Crippen LogP contribution in [0.25, 0.3) is 0 Å². The van der Waals surface area contributed by atoms with Gasteiger partial charge in [0.25, 0.3) is 11.8 Å². The number of halogens is 3. The Morgan fingerprint density at radius 1 is 1.26 bits per heavy atom. The molecule has 39 heavy (non-hydrogen) atoms. The summed E-state index contributed by atoms with van der Waals surface area (Å²) in [7, 11) is 0. The third kappa shape index (κ3) is 7.22. The lowest BCUT2D eigenvalue weighted by Gasteiger charge is -2.30. The number of aromatic nitrogens is 3. The van der Waals surface area contributed by atoms with Crippen molar-refractivity contribution < 1.29 is 36.9 Å². The van der Waals surface area contributed by atoms with E-state index in [4.69, 9.17) is 9.37 Å². The fourth-order valence-electron chi connectivity index (χ4n) is 4.19. The Bertz CT molecular complexity index is 1230. The maximum absolute atomic E-state index is 13.3. The topological polar surface area (TPSA) is 152 Å². The lowest BCUT2D eigenvalue weighted by molar-refractivity contribution is -0.149. The molecular weight excluding hydrogens is 523 g/mol. The Kier molecular flexibility index (Phi) is 7.82. The van der Waals surface area contributed by atoms with E-state index in [0.29, 0.717) is 11.3 Å². The summed E-state index contributed by atoms with van der Waals surface area (Å²) in [5.74, 6) is -1.13. The summed E-state index contributed by atoms with van der Waals surface area (Å²) in [5.41, 5.74) is 0.240. The normalized spacial score (nSPS) is 19.4. The maximum Gasteiger partial charge on any atom is 0.410 e. The van der Waals surface area contributed by atoms with Crippen LogP contribution in [0.4, 0.5) is 23.8 Å². The number of rotatable bonds is 9. The highest BCUT2D eigenvalue weighted by Crippen LogP contribution is 2.40. The van der Waals surface area contributed by atoms with Gasteiger partial charge in [-0.25, -0.2) is 14.4 Å². The molecule has 3 heterocycles. The third-order valence-electron chi connectivity index (χ3n) is 6.10. The van der Waals surface area contributed by atoms with Crippen LogP contribution in [0, 0.1) is 0 Å². The molecule has 4 amide bonds. The van der Waals surface area contributed by atoms with Crippen LogP contribution in [0.3, 0.4) is 0 Å². The molecule has 0 spiro atoms. The van der Waals surface area contributed by atoms with E-state index >= 15 is 0 Å². The van der Waals surface area contributed by atoms with Gasteiger partial charge in [0.05, 0.1) is 18.2 Å². The van der Waals surface area contributed by atoms with E-state index in [1.807, 2.05) is 5.32 Å². The molecule has 0 radical (unpaired) electrons. The molecule has 0 bridgehead atoms. The molecule has 3 N–H and O–H groups in total. The molecule has 2 fully saturated rings. The van der Waals surface area contributed by atoms with Crippen molar-refractivity contribution >= 4 is 23.7 Å². The molecule has 15 heteroatoms. The molecule has 12 nitrogen and oxygen atoms in total. The molecule has 0 unspecified atom stereocenters. The number of anilines is 1. The molecule has 1 saturated carbocycles. The van der Waals surface area contributed by atoms with Crippen molar-refractivity contribution in [2.24, 2.45) is 0 Å². The Labute approximate surface area is 222 Å². The number of nitrogens with one attached hydrogen (secondary N) is 3. The van der Waals surface area contributed by atoms with Gasteiger partial charge in [-0.2, -0.15) is 13.2 Å². The Morgan fingerprint density at radius 2 is 1.97 bits per heavy atom. The Morgan fingerprint density at radius 3 is 2.59 bits per heavy atom. The van der Waals surface area contributed by atoms with E-state index in [1.54, 1.807) is 27.7 Å². The van der Waals surface area contributed by atoms with Crippen LogP contribution in [0.15, 0.2) is 23.0 Å². The van der Waals surface area contributed by atoms with E-state index in [1.165, 1.54) is 18.3 Å². The van der Waals surface area contributed by atoms with E-state index in [0.717, 1.165) is 17.7 Å². The zero-order valence-corrected chi connectivity index (χ0v) is 21.8. The molecule has 2 aliphatic rings. The highest BCUT2D eigenvalue weighted by molar-refractivity contribution is 6.00. The summed E-state index contributed by atoms with van der Waals surface area (Å²) in [4.78, 5) is 43.5. The molecule has 212 valence electrons. The summed E-state index contributed by atoms with van der Waals surface area (Å²) >= 11 is 0. The van der Waals surface area contributed by atoms with Crippen LogP contribution in [-0.2, 0) is 16.1 Å². The second kappa shape index (κ2) is 10.8. The van der Waals surface area contributed by atoms with Crippen molar-refractivity contribution in [3.8, 4) is 0 Å². The third-order valence-corrected chi connectivity index (χ3v) is 6.10. The first-order valence-corrected chi connectivity index (χ1v) is 12.4. The summed E-state index contributed by atoms with van der Waals surface area (Å²) < 4.78 is 49.7. The first kappa shape index (κ1) is 28.3. The molecular formula is C24H30F3N7O5. The second-order valence-electron chi connectivity index (χ2n) is 10.6. The number of urea groups is 1. The van der Waals surface area contributed by atoms with E-state index in [-0.39, 0.29) is 24.0 Å². The van der Waals surface area contributed by atoms with Crippen LogP contribution in [-0.4, -0.2) is 74.6 Å². The molecule has 1 aliphatic heterocycles. The number of ether oxygens (including phenoxy) is 1. The first-order chi connectivity index (χ1) is 18.2. The lowest BCUT2D eigenvalue weighted by Crippen LogP contribution is -2.52. The zero-order chi connectivity index (χ0) is 28.5. The van der Waals surface area contributed by atoms with Gasteiger partial charge in [-0.15, -0.1) is 0 Å². The van der Waals surface area contributed by atoms with Gasteiger partial charge in [0.2, 0.25) is 0 Å². The van der Waals surface area contributed by atoms with Gasteiger partial charge >= 0.3 is 12.2 Å². The van der Waals surface area contributed by atoms with Crippen molar-refractivity contribution in [3.63, 3.8) is 0 Å². The fourth-order valence-corrected chi connectivity index (χ4v) is 4.19. The molecule has 2 aromatic heterocycles. The van der Waals surface area contributed by atoms with Gasteiger partial charge in [0.15, 0.2) is 5.69 Å². The monoisotopic (exact) mass is 553 g/mol. The summed E-state index contributed by atoms with van der Waals surface area (Å²) in [6, 6.07) is -1.02. The van der Waals surface area contributed by atoms with Crippen molar-refractivity contribution in [1.29, 1.82) is 0 Å². The first-order valence-electron chi connectivity index (χ1n) is 12.4. The predicted molar refractivity (Wildman–Crippen MR) is 129 cm³/mol. The van der Waals surface area contributed by atoms with E-state index < -0.39 is 54.4 Å². The van der Waals surface area contributed by atoms with Gasteiger partial charge in [-0.1, -0.05) is 5.16 Å². The smallest absolute Gasteiger partial charge is 0.370 e. The minimum absolute atomic E-state index is 0.000526. The predicted octanol–water partition coefficient (Wildman–Crippen LogP) is 2.74. The molecule has 1 saturated heterocycles. The number of carbonyl (C=O) groups is 3. The quantitative estimate of drug-likeness (QED) is 0.429. The Balaban J connectivity index is 1.47. The molecule has 3 atom stereocenters. The van der Waals surface area contributed by atoms with Crippen molar-refractivity contribution in [1.82, 2.24) is 30.8 Å². The molecule has 2 aromatic rings. The van der Waals surface area contributed by atoms with Crippen LogP contribution in [0.5, 0.6) is 0 Å². The SMILES string of the molecule is C[C@H](OC(C)(C)C)[C@H](NC(=O)c1nonc1C1CC1)C(=O)Nc1cc(CN2C[C@@H](C(F)(F)F)NC2=O)ccn1. The number of alkyl halides is 3. The van der Waals surface area contributed by atoms with Crippen LogP contribution in [0.1, 0.15) is 68.2 Å². The lowest BCUT2D eigenvalue weighted by atomic mass is 10.1. The second-order valence-corrected chi connectivity index (χ2v) is 10.6. The number of pyridine rings is 1. The van der Waals surface area contributed by atoms with Crippen molar-refractivity contribution in [2.75, 3.05) is 11.9 Å². The number of carbonyl (C=O) groups excluding carboxylic acids is 3. The van der Waals surface area contributed by atoms with Crippen molar-refractivity contribution in [2.45, 2.75) is 83.0 Å². The van der Waals surface area contributed by atoms with Crippen LogP contribution < -0.4 is 16.0 Å². The minimum atomic E-state index is -4.56. The fraction of sp³-hybridized carbons (Fsp3) is 0.583. The zero-order valence-electron chi connectivity index (χ0n) is 21.8. The van der Waals surface area contributed by atoms with Gasteiger partial charge in [0, 0.05) is 18.7 Å². The molecule has 4 rings (SSSR count). The summed E-state index contributed by atoms with van der Waals surface area (Å²) in [6.45, 7) is 6.37. The minimum Gasteiger partial charge on any atom is -0.370 e. The summed E-state index contributed by atoms with van der Waals surface area (Å²) in [6.07, 6.45) is -2.27. The van der Waals surface area contributed by atoms with Gasteiger partial charge in [-0.05, 0) is 63.4 Å². The highest BCUT2D eigenvalue weighted by atomic mass is 19.4. The van der Waals surface area contributed by atoms with Gasteiger partial charge in [-0.3, -0.25) is 9.59 Å². The number of amides is 4. The maximum atomic E-state index is 13.3. The average molecular weight is 554 g/mol. The number of nitrogens with zero attached hydrogens (tertiary/aromatic N) is 4. The Hall–Kier alpha value is -3.75. The molecule has 1 aliphatic carbocycles. The number of hydrogen-bond acceptors (Lipinski definition) is 8. The van der Waals surface area contributed by atoms with E-state index in [9.17, 15) is 27.6 Å². The van der Waals surface area contributed by atoms with Crippen LogP contribution in [0.2, 0.25) is 0 Å². The largest absolute Gasteiger partial charge is 0.410 e. The van der Waals surface area contributed by atoms with Crippen LogP contribution >= 0.6 is 0 Å². The average Bonchev–Trinajstić information content (AvgIpc) is 3.42. The van der Waals surface area contributed by atoms with Gasteiger partial charge in [0.1, 0.15) is 23.6 Å². The summed E-state index contributed by atoms with van der Waals surface area (Å²) in [5, 5.41) is 14.7. The van der Waals surface area contributed by atoms with Crippen molar-refractivity contribution in [3.05, 3.63) is 35.3 Å².